The summed E-state index contributed by atoms with van der Waals surface area (Å²) in [6.07, 6.45) is 0. The van der Waals surface area contributed by atoms with Gasteiger partial charge in [-0.05, 0) is 12.8 Å². The third-order valence-electron chi connectivity index (χ3n) is 2.22. The second-order valence-electron chi connectivity index (χ2n) is 3.95. The van der Waals surface area contributed by atoms with Crippen molar-refractivity contribution in [2.75, 3.05) is 20.3 Å². The normalized spacial score (nSPS) is 12.1. The van der Waals surface area contributed by atoms with Gasteiger partial charge in [-0.3, -0.25) is 10.1 Å². The summed E-state index contributed by atoms with van der Waals surface area (Å²) >= 11 is 0. The molecule has 5 nitrogen and oxygen atoms in total. The fourth-order valence-electron chi connectivity index (χ4n) is 1.26. The van der Waals surface area contributed by atoms with Crippen LogP contribution in [-0.4, -0.2) is 38.2 Å². The predicted octanol–water partition coefficient (Wildman–Crippen LogP) is 0.893. The van der Waals surface area contributed by atoms with E-state index < -0.39 is 12.0 Å². The molecule has 0 aromatic heterocycles. The minimum atomic E-state index is -0.453. The molecule has 0 radical (unpaired) electrons. The number of carbonyl (C=O) groups is 2. The maximum atomic E-state index is 11.4. The van der Waals surface area contributed by atoms with Crippen molar-refractivity contribution in [2.45, 2.75) is 26.8 Å². The minimum absolute atomic E-state index is 0.0671. The van der Waals surface area contributed by atoms with Gasteiger partial charge in [0.1, 0.15) is 6.04 Å². The highest BCUT2D eigenvalue weighted by molar-refractivity contribution is 5.88. The van der Waals surface area contributed by atoms with Crippen LogP contribution in [-0.2, 0) is 19.1 Å². The minimum Gasteiger partial charge on any atom is -0.468 e. The van der Waals surface area contributed by atoms with E-state index in [2.05, 4.69) is 16.6 Å². The number of hydrogen-bond acceptors (Lipinski definition) is 5. The average Bonchev–Trinajstić information content (AvgIpc) is 2.28. The zero-order valence-electron chi connectivity index (χ0n) is 10.9. The Morgan fingerprint density at radius 3 is 2.35 bits per heavy atom. The van der Waals surface area contributed by atoms with Crippen molar-refractivity contribution in [3.05, 3.63) is 12.2 Å². The van der Waals surface area contributed by atoms with Crippen LogP contribution in [0.25, 0.3) is 0 Å². The molecule has 0 aromatic rings. The molecular weight excluding hydrogens is 222 g/mol. The number of esters is 2. The molecule has 17 heavy (non-hydrogen) atoms. The molecule has 98 valence electrons. The third kappa shape index (κ3) is 5.49. The molecule has 0 fully saturated rings. The van der Waals surface area contributed by atoms with Gasteiger partial charge in [0.15, 0.2) is 0 Å². The number of rotatable bonds is 7. The van der Waals surface area contributed by atoms with Gasteiger partial charge in [0, 0.05) is 12.1 Å². The largest absolute Gasteiger partial charge is 0.468 e. The highest BCUT2D eigenvalue weighted by Gasteiger charge is 2.23. The molecule has 0 amide bonds. The van der Waals surface area contributed by atoms with E-state index in [0.717, 1.165) is 0 Å². The van der Waals surface area contributed by atoms with Gasteiger partial charge in [-0.25, -0.2) is 4.79 Å². The maximum Gasteiger partial charge on any atom is 0.334 e. The molecule has 0 aromatic carbocycles. The standard InChI is InChI=1S/C12H21NO4/c1-6-17-11(14)9(4)7-13-10(8(2)3)12(15)16-5/h8,10,13H,4,6-7H2,1-3,5H3. The van der Waals surface area contributed by atoms with Crippen LogP contribution < -0.4 is 5.32 Å². The Morgan fingerprint density at radius 1 is 1.35 bits per heavy atom. The van der Waals surface area contributed by atoms with E-state index in [9.17, 15) is 9.59 Å². The van der Waals surface area contributed by atoms with E-state index in [4.69, 9.17) is 4.74 Å². The lowest BCUT2D eigenvalue weighted by Gasteiger charge is -2.20. The molecule has 5 heteroatoms. The molecule has 0 rings (SSSR count). The molecule has 0 aliphatic carbocycles. The van der Waals surface area contributed by atoms with Crippen LogP contribution in [0, 0.1) is 5.92 Å². The molecule has 0 spiro atoms. The first-order valence-corrected chi connectivity index (χ1v) is 5.60. The van der Waals surface area contributed by atoms with E-state index in [-0.39, 0.29) is 18.4 Å². The zero-order chi connectivity index (χ0) is 13.4. The lowest BCUT2D eigenvalue weighted by molar-refractivity contribution is -0.144. The Bertz CT molecular complexity index is 286. The maximum absolute atomic E-state index is 11.4. The summed E-state index contributed by atoms with van der Waals surface area (Å²) in [5, 5.41) is 2.93. The highest BCUT2D eigenvalue weighted by Crippen LogP contribution is 2.04. The van der Waals surface area contributed by atoms with E-state index in [0.29, 0.717) is 12.2 Å². The van der Waals surface area contributed by atoms with Gasteiger partial charge in [-0.2, -0.15) is 0 Å². The average molecular weight is 243 g/mol. The summed E-state index contributed by atoms with van der Waals surface area (Å²) < 4.78 is 9.46. The summed E-state index contributed by atoms with van der Waals surface area (Å²) in [6, 6.07) is -0.453. The van der Waals surface area contributed by atoms with Gasteiger partial charge < -0.3 is 9.47 Å². The van der Waals surface area contributed by atoms with Crippen LogP contribution in [0.2, 0.25) is 0 Å². The summed E-state index contributed by atoms with van der Waals surface area (Å²) in [5.74, 6) is -0.735. The molecule has 1 N–H and O–H groups in total. The lowest BCUT2D eigenvalue weighted by atomic mass is 10.0. The number of ether oxygens (including phenoxy) is 2. The molecule has 1 atom stereocenters. The monoisotopic (exact) mass is 243 g/mol. The molecule has 0 saturated heterocycles. The van der Waals surface area contributed by atoms with Crippen molar-refractivity contribution in [2.24, 2.45) is 5.92 Å². The van der Waals surface area contributed by atoms with Crippen LogP contribution >= 0.6 is 0 Å². The molecule has 1 unspecified atom stereocenters. The number of methoxy groups -OCH3 is 1. The van der Waals surface area contributed by atoms with Crippen LogP contribution in [0.1, 0.15) is 20.8 Å². The first-order chi connectivity index (χ1) is 7.93. The fourth-order valence-corrected chi connectivity index (χ4v) is 1.26. The number of carbonyl (C=O) groups excluding carboxylic acids is 2. The molecule has 0 bridgehead atoms. The van der Waals surface area contributed by atoms with E-state index in [1.165, 1.54) is 7.11 Å². The van der Waals surface area contributed by atoms with Gasteiger partial charge in [-0.1, -0.05) is 20.4 Å². The topological polar surface area (TPSA) is 64.6 Å². The molecule has 0 aliphatic rings. The van der Waals surface area contributed by atoms with Crippen molar-refractivity contribution in [1.82, 2.24) is 5.32 Å². The summed E-state index contributed by atoms with van der Waals surface area (Å²) in [7, 11) is 1.33. The quantitative estimate of drug-likeness (QED) is 0.531. The second kappa shape index (κ2) is 7.84. The fraction of sp³-hybridized carbons (Fsp3) is 0.667. The van der Waals surface area contributed by atoms with Crippen molar-refractivity contribution in [3.63, 3.8) is 0 Å². The third-order valence-corrected chi connectivity index (χ3v) is 2.22. The van der Waals surface area contributed by atoms with Crippen LogP contribution in [0.15, 0.2) is 12.2 Å². The Kier molecular flexibility index (Phi) is 7.21. The Labute approximate surface area is 102 Å². The van der Waals surface area contributed by atoms with E-state index >= 15 is 0 Å². The van der Waals surface area contributed by atoms with Gasteiger partial charge in [0.05, 0.1) is 13.7 Å². The van der Waals surface area contributed by atoms with Crippen molar-refractivity contribution < 1.29 is 19.1 Å². The summed E-state index contributed by atoms with van der Waals surface area (Å²) in [4.78, 5) is 22.7. The van der Waals surface area contributed by atoms with Gasteiger partial charge in [0.25, 0.3) is 0 Å². The highest BCUT2D eigenvalue weighted by atomic mass is 16.5. The first kappa shape index (κ1) is 15.6. The van der Waals surface area contributed by atoms with Crippen molar-refractivity contribution >= 4 is 11.9 Å². The van der Waals surface area contributed by atoms with Gasteiger partial charge >= 0.3 is 11.9 Å². The van der Waals surface area contributed by atoms with Crippen LogP contribution in [0.5, 0.6) is 0 Å². The molecule has 0 aliphatic heterocycles. The smallest absolute Gasteiger partial charge is 0.334 e. The zero-order valence-corrected chi connectivity index (χ0v) is 10.9. The summed E-state index contributed by atoms with van der Waals surface area (Å²) in [5.41, 5.74) is 0.293. The van der Waals surface area contributed by atoms with E-state index in [1.54, 1.807) is 6.92 Å². The summed E-state index contributed by atoms with van der Waals surface area (Å²) in [6.45, 7) is 9.62. The SMILES string of the molecule is C=C(CNC(C(=O)OC)C(C)C)C(=O)OCC. The van der Waals surface area contributed by atoms with Crippen LogP contribution in [0.4, 0.5) is 0 Å². The van der Waals surface area contributed by atoms with Gasteiger partial charge in [-0.15, -0.1) is 0 Å². The number of nitrogens with one attached hydrogen (secondary N) is 1. The first-order valence-electron chi connectivity index (χ1n) is 5.60. The Balaban J connectivity index is 4.27. The second-order valence-corrected chi connectivity index (χ2v) is 3.95. The Morgan fingerprint density at radius 2 is 1.94 bits per heavy atom. The van der Waals surface area contributed by atoms with Crippen LogP contribution in [0.3, 0.4) is 0 Å². The van der Waals surface area contributed by atoms with E-state index in [1.807, 2.05) is 13.8 Å². The lowest BCUT2D eigenvalue weighted by Crippen LogP contribution is -2.43. The van der Waals surface area contributed by atoms with Crippen molar-refractivity contribution in [3.8, 4) is 0 Å². The van der Waals surface area contributed by atoms with Crippen molar-refractivity contribution in [1.29, 1.82) is 0 Å². The number of hydrogen-bond donors (Lipinski definition) is 1. The molecule has 0 heterocycles. The van der Waals surface area contributed by atoms with Gasteiger partial charge in [0.2, 0.25) is 0 Å². The molecule has 0 saturated carbocycles. The predicted molar refractivity (Wildman–Crippen MR) is 64.4 cm³/mol. The Hall–Kier alpha value is -1.36. The molecular formula is C12H21NO4.